The van der Waals surface area contributed by atoms with E-state index in [1.807, 2.05) is 27.7 Å². The van der Waals surface area contributed by atoms with Crippen molar-refractivity contribution in [1.29, 1.82) is 5.26 Å². The SMILES string of the molecule is CCOC(=O)C1=C(C)OC(N)=C(C#N)[C@@H]1c1c(C)c(C)cc(C)c1C. The van der Waals surface area contributed by atoms with Crippen LogP contribution in [0.4, 0.5) is 0 Å². The molecule has 0 radical (unpaired) electrons. The molecule has 2 rings (SSSR count). The summed E-state index contributed by atoms with van der Waals surface area (Å²) in [4.78, 5) is 12.6. The third-order valence-corrected chi connectivity index (χ3v) is 4.81. The second-order valence-corrected chi connectivity index (χ2v) is 6.29. The van der Waals surface area contributed by atoms with Crippen molar-refractivity contribution in [2.24, 2.45) is 5.73 Å². The molecule has 0 spiro atoms. The second kappa shape index (κ2) is 7.02. The highest BCUT2D eigenvalue weighted by atomic mass is 16.5. The van der Waals surface area contributed by atoms with Crippen LogP contribution in [0.25, 0.3) is 0 Å². The zero-order valence-electron chi connectivity index (χ0n) is 15.6. The van der Waals surface area contributed by atoms with Gasteiger partial charge in [0.25, 0.3) is 0 Å². The van der Waals surface area contributed by atoms with E-state index in [1.165, 1.54) is 0 Å². The molecule has 1 atom stereocenters. The highest BCUT2D eigenvalue weighted by Gasteiger charge is 2.38. The van der Waals surface area contributed by atoms with Gasteiger partial charge in [-0.15, -0.1) is 0 Å². The molecule has 0 saturated heterocycles. The summed E-state index contributed by atoms with van der Waals surface area (Å²) in [5.41, 5.74) is 11.7. The highest BCUT2D eigenvalue weighted by Crippen LogP contribution is 2.43. The summed E-state index contributed by atoms with van der Waals surface area (Å²) in [7, 11) is 0. The normalized spacial score (nSPS) is 17.2. The Kier molecular flexibility index (Phi) is 5.22. The molecule has 5 heteroatoms. The number of rotatable bonds is 3. The number of hydrogen-bond donors (Lipinski definition) is 1. The van der Waals surface area contributed by atoms with Crippen molar-refractivity contribution in [3.63, 3.8) is 0 Å². The van der Waals surface area contributed by atoms with Gasteiger partial charge >= 0.3 is 5.97 Å². The molecule has 0 aromatic heterocycles. The molecule has 1 heterocycles. The Morgan fingerprint density at radius 3 is 2.28 bits per heavy atom. The fourth-order valence-corrected chi connectivity index (χ4v) is 3.32. The summed E-state index contributed by atoms with van der Waals surface area (Å²) in [6, 6.07) is 4.24. The molecular formula is C20H24N2O3. The van der Waals surface area contributed by atoms with Gasteiger partial charge in [0.1, 0.15) is 17.4 Å². The van der Waals surface area contributed by atoms with Gasteiger partial charge in [0.05, 0.1) is 18.1 Å². The quantitative estimate of drug-likeness (QED) is 0.850. The van der Waals surface area contributed by atoms with Crippen LogP contribution in [0.5, 0.6) is 0 Å². The number of nitriles is 1. The second-order valence-electron chi connectivity index (χ2n) is 6.29. The maximum absolute atomic E-state index is 12.6. The summed E-state index contributed by atoms with van der Waals surface area (Å²) in [6.45, 7) is 11.7. The number of carbonyl (C=O) groups is 1. The lowest BCUT2D eigenvalue weighted by atomic mass is 9.77. The minimum Gasteiger partial charge on any atom is -0.463 e. The van der Waals surface area contributed by atoms with E-state index in [2.05, 4.69) is 12.1 Å². The molecule has 0 bridgehead atoms. The number of nitrogens with two attached hydrogens (primary N) is 1. The van der Waals surface area contributed by atoms with Crippen LogP contribution in [0, 0.1) is 39.0 Å². The molecule has 1 aromatic carbocycles. The van der Waals surface area contributed by atoms with Crippen LogP contribution in [0.3, 0.4) is 0 Å². The number of nitrogens with zero attached hydrogens (tertiary/aromatic N) is 1. The average Bonchev–Trinajstić information content (AvgIpc) is 2.53. The largest absolute Gasteiger partial charge is 0.463 e. The smallest absolute Gasteiger partial charge is 0.338 e. The van der Waals surface area contributed by atoms with Crippen molar-refractivity contribution < 1.29 is 14.3 Å². The Balaban J connectivity index is 2.83. The Bertz CT molecular complexity index is 815. The Hall–Kier alpha value is -2.74. The molecule has 25 heavy (non-hydrogen) atoms. The molecule has 1 aliphatic rings. The van der Waals surface area contributed by atoms with E-state index < -0.39 is 11.9 Å². The topological polar surface area (TPSA) is 85.3 Å². The van der Waals surface area contributed by atoms with Gasteiger partial charge in [-0.2, -0.15) is 5.26 Å². The van der Waals surface area contributed by atoms with E-state index in [0.29, 0.717) is 11.3 Å². The van der Waals surface area contributed by atoms with Crippen LogP contribution in [-0.4, -0.2) is 12.6 Å². The molecule has 0 amide bonds. The first kappa shape index (κ1) is 18.6. The lowest BCUT2D eigenvalue weighted by Crippen LogP contribution is -2.26. The summed E-state index contributed by atoms with van der Waals surface area (Å²) in [5, 5.41) is 9.69. The Morgan fingerprint density at radius 2 is 1.80 bits per heavy atom. The zero-order chi connectivity index (χ0) is 18.9. The summed E-state index contributed by atoms with van der Waals surface area (Å²) >= 11 is 0. The van der Waals surface area contributed by atoms with Crippen LogP contribution < -0.4 is 5.73 Å². The number of esters is 1. The van der Waals surface area contributed by atoms with Crippen molar-refractivity contribution in [2.75, 3.05) is 6.61 Å². The number of ether oxygens (including phenoxy) is 2. The molecule has 2 N–H and O–H groups in total. The van der Waals surface area contributed by atoms with Gasteiger partial charge < -0.3 is 15.2 Å². The van der Waals surface area contributed by atoms with E-state index in [0.717, 1.165) is 27.8 Å². The van der Waals surface area contributed by atoms with Crippen molar-refractivity contribution in [2.45, 2.75) is 47.5 Å². The third kappa shape index (κ3) is 3.12. The maximum atomic E-state index is 12.6. The van der Waals surface area contributed by atoms with E-state index in [-0.39, 0.29) is 18.1 Å². The predicted octanol–water partition coefficient (Wildman–Crippen LogP) is 3.57. The van der Waals surface area contributed by atoms with Crippen molar-refractivity contribution in [3.8, 4) is 6.07 Å². The molecule has 0 fully saturated rings. The van der Waals surface area contributed by atoms with E-state index >= 15 is 0 Å². The summed E-state index contributed by atoms with van der Waals surface area (Å²) < 4.78 is 10.7. The van der Waals surface area contributed by atoms with Crippen LogP contribution in [0.15, 0.2) is 28.9 Å². The Labute approximate surface area is 148 Å². The first-order valence-electron chi connectivity index (χ1n) is 8.27. The Morgan fingerprint density at radius 1 is 1.24 bits per heavy atom. The first-order chi connectivity index (χ1) is 11.7. The molecular weight excluding hydrogens is 316 g/mol. The summed E-state index contributed by atoms with van der Waals surface area (Å²) in [6.07, 6.45) is 0. The van der Waals surface area contributed by atoms with Gasteiger partial charge in [-0.25, -0.2) is 4.79 Å². The lowest BCUT2D eigenvalue weighted by Gasteiger charge is -2.30. The van der Waals surface area contributed by atoms with E-state index in [4.69, 9.17) is 15.2 Å². The standard InChI is InChI=1S/C20H24N2O3/c1-7-24-20(23)17-14(6)25-19(22)15(9-21)18(17)16-12(4)10(2)8-11(3)13(16)5/h8,18H,7,22H2,1-6H3/t18-/m1/s1. The zero-order valence-corrected chi connectivity index (χ0v) is 15.6. The maximum Gasteiger partial charge on any atom is 0.338 e. The molecule has 132 valence electrons. The van der Waals surface area contributed by atoms with Gasteiger partial charge in [0, 0.05) is 0 Å². The fourth-order valence-electron chi connectivity index (χ4n) is 3.32. The molecule has 0 unspecified atom stereocenters. The van der Waals surface area contributed by atoms with Crippen LogP contribution >= 0.6 is 0 Å². The van der Waals surface area contributed by atoms with Gasteiger partial charge in [0.15, 0.2) is 0 Å². The van der Waals surface area contributed by atoms with E-state index in [1.54, 1.807) is 13.8 Å². The highest BCUT2D eigenvalue weighted by molar-refractivity contribution is 5.93. The molecule has 0 aliphatic carbocycles. The molecule has 1 aromatic rings. The van der Waals surface area contributed by atoms with Gasteiger partial charge in [-0.05, 0) is 69.4 Å². The number of aryl methyl sites for hydroxylation is 2. The van der Waals surface area contributed by atoms with Crippen molar-refractivity contribution in [1.82, 2.24) is 0 Å². The molecule has 0 saturated carbocycles. The van der Waals surface area contributed by atoms with E-state index in [9.17, 15) is 10.1 Å². The van der Waals surface area contributed by atoms with Crippen molar-refractivity contribution >= 4 is 5.97 Å². The predicted molar refractivity (Wildman–Crippen MR) is 95.4 cm³/mol. The van der Waals surface area contributed by atoms with Gasteiger partial charge in [-0.3, -0.25) is 0 Å². The monoisotopic (exact) mass is 340 g/mol. The van der Waals surface area contributed by atoms with Crippen LogP contribution in [-0.2, 0) is 14.3 Å². The fraction of sp³-hybridized carbons (Fsp3) is 0.400. The third-order valence-electron chi connectivity index (χ3n) is 4.81. The van der Waals surface area contributed by atoms with Gasteiger partial charge in [0.2, 0.25) is 5.88 Å². The number of benzene rings is 1. The van der Waals surface area contributed by atoms with Gasteiger partial charge in [-0.1, -0.05) is 6.07 Å². The first-order valence-corrected chi connectivity index (χ1v) is 8.27. The average molecular weight is 340 g/mol. The minimum atomic E-state index is -0.587. The summed E-state index contributed by atoms with van der Waals surface area (Å²) in [5.74, 6) is -0.659. The van der Waals surface area contributed by atoms with Crippen LogP contribution in [0.2, 0.25) is 0 Å². The molecule has 5 nitrogen and oxygen atoms in total. The number of hydrogen-bond acceptors (Lipinski definition) is 5. The molecule has 1 aliphatic heterocycles. The number of allylic oxidation sites excluding steroid dienone is 2. The minimum absolute atomic E-state index is 0.0380. The van der Waals surface area contributed by atoms with Crippen molar-refractivity contribution in [3.05, 3.63) is 56.7 Å². The lowest BCUT2D eigenvalue weighted by molar-refractivity contribution is -0.139. The van der Waals surface area contributed by atoms with Crippen LogP contribution in [0.1, 0.15) is 47.6 Å². The number of carbonyl (C=O) groups excluding carboxylic acids is 1.